The van der Waals surface area contributed by atoms with Gasteiger partial charge < -0.3 is 24.2 Å². The van der Waals surface area contributed by atoms with E-state index in [2.05, 4.69) is 0 Å². The highest BCUT2D eigenvalue weighted by atomic mass is 16.5. The second-order valence-corrected chi connectivity index (χ2v) is 9.39. The molecule has 3 aromatic carbocycles. The fourth-order valence-corrected chi connectivity index (χ4v) is 4.47. The molecular formula is C31H33NO6. The summed E-state index contributed by atoms with van der Waals surface area (Å²) in [5.41, 5.74) is 1.91. The molecule has 1 saturated heterocycles. The molecule has 1 amide bonds. The minimum atomic E-state index is -0.809. The van der Waals surface area contributed by atoms with Crippen molar-refractivity contribution >= 4 is 17.4 Å². The zero-order valence-corrected chi connectivity index (χ0v) is 22.1. The lowest BCUT2D eigenvalue weighted by atomic mass is 9.95. The van der Waals surface area contributed by atoms with E-state index in [0.29, 0.717) is 35.0 Å². The van der Waals surface area contributed by atoms with Gasteiger partial charge in [0.05, 0.1) is 31.4 Å². The highest BCUT2D eigenvalue weighted by Crippen LogP contribution is 2.41. The second-order valence-electron chi connectivity index (χ2n) is 9.39. The molecule has 1 aliphatic heterocycles. The van der Waals surface area contributed by atoms with E-state index in [1.807, 2.05) is 51.1 Å². The Hall–Kier alpha value is -4.26. The van der Waals surface area contributed by atoms with Gasteiger partial charge in [0.2, 0.25) is 0 Å². The van der Waals surface area contributed by atoms with Crippen LogP contribution in [-0.2, 0) is 16.1 Å². The number of hydrogen-bond donors (Lipinski definition) is 1. The van der Waals surface area contributed by atoms with Crippen molar-refractivity contribution in [3.63, 3.8) is 0 Å². The number of carbonyl (C=O) groups excluding carboxylic acids is 2. The summed E-state index contributed by atoms with van der Waals surface area (Å²) in [5.74, 6) is 0.262. The summed E-state index contributed by atoms with van der Waals surface area (Å²) in [6, 6.07) is 20.7. The zero-order valence-electron chi connectivity index (χ0n) is 22.1. The number of benzene rings is 3. The first-order valence-electron chi connectivity index (χ1n) is 12.7. The molecule has 38 heavy (non-hydrogen) atoms. The van der Waals surface area contributed by atoms with Crippen LogP contribution in [0.4, 0.5) is 0 Å². The monoisotopic (exact) mass is 515 g/mol. The molecule has 1 aliphatic rings. The van der Waals surface area contributed by atoms with Crippen molar-refractivity contribution in [3.8, 4) is 17.2 Å². The molecule has 7 nitrogen and oxygen atoms in total. The number of aliphatic hydroxyl groups is 1. The van der Waals surface area contributed by atoms with Crippen molar-refractivity contribution in [2.75, 3.05) is 13.7 Å². The van der Waals surface area contributed by atoms with Crippen LogP contribution in [0.25, 0.3) is 5.76 Å². The molecule has 0 radical (unpaired) electrons. The molecule has 0 saturated carbocycles. The highest BCUT2D eigenvalue weighted by Gasteiger charge is 2.46. The molecule has 0 spiro atoms. The molecule has 1 fully saturated rings. The van der Waals surface area contributed by atoms with Crippen LogP contribution in [0.3, 0.4) is 0 Å². The number of ether oxygens (including phenoxy) is 3. The third kappa shape index (κ3) is 5.83. The smallest absolute Gasteiger partial charge is 0.295 e. The maximum absolute atomic E-state index is 13.4. The van der Waals surface area contributed by atoms with Crippen LogP contribution in [0.5, 0.6) is 17.2 Å². The number of amides is 1. The molecule has 3 aromatic rings. The first kappa shape index (κ1) is 26.8. The Labute approximate surface area is 223 Å². The van der Waals surface area contributed by atoms with E-state index in [1.54, 1.807) is 49.6 Å². The number of hydrogen-bond acceptors (Lipinski definition) is 6. The lowest BCUT2D eigenvalue weighted by Gasteiger charge is -2.26. The molecule has 7 heteroatoms. The molecule has 0 bridgehead atoms. The summed E-state index contributed by atoms with van der Waals surface area (Å²) in [7, 11) is 1.55. The average Bonchev–Trinajstić information content (AvgIpc) is 3.16. The second kappa shape index (κ2) is 11.9. The van der Waals surface area contributed by atoms with Gasteiger partial charge >= 0.3 is 0 Å². The van der Waals surface area contributed by atoms with Crippen LogP contribution in [0.2, 0.25) is 0 Å². The standard InChI is InChI=1S/C31H33NO6/c1-5-16-37-24-14-12-22(13-15-24)29(33)27-28(23-9-7-10-25(18-23)36-4)32(31(35)30(27)34)19-21-8-6-11-26(17-21)38-20(2)3/h6-15,17-18,20,28,33H,5,16,19H2,1-4H3/b29-27-. The van der Waals surface area contributed by atoms with Crippen molar-refractivity contribution in [1.82, 2.24) is 4.90 Å². The van der Waals surface area contributed by atoms with Gasteiger partial charge in [0.15, 0.2) is 0 Å². The quantitative estimate of drug-likeness (QED) is 0.206. The third-order valence-electron chi connectivity index (χ3n) is 6.17. The van der Waals surface area contributed by atoms with Gasteiger partial charge in [0.1, 0.15) is 23.0 Å². The summed E-state index contributed by atoms with van der Waals surface area (Å²) in [4.78, 5) is 28.2. The van der Waals surface area contributed by atoms with Gasteiger partial charge in [-0.2, -0.15) is 0 Å². The average molecular weight is 516 g/mol. The van der Waals surface area contributed by atoms with Gasteiger partial charge in [-0.1, -0.05) is 31.2 Å². The zero-order chi connectivity index (χ0) is 27.2. The van der Waals surface area contributed by atoms with Gasteiger partial charge in [-0.15, -0.1) is 0 Å². The summed E-state index contributed by atoms with van der Waals surface area (Å²) in [6.07, 6.45) is 0.869. The Bertz CT molecular complexity index is 1330. The molecule has 1 unspecified atom stereocenters. The number of methoxy groups -OCH3 is 1. The summed E-state index contributed by atoms with van der Waals surface area (Å²) < 4.78 is 16.9. The molecule has 1 atom stereocenters. The number of rotatable bonds is 10. The van der Waals surface area contributed by atoms with E-state index < -0.39 is 17.7 Å². The lowest BCUT2D eigenvalue weighted by molar-refractivity contribution is -0.140. The fourth-order valence-electron chi connectivity index (χ4n) is 4.47. The van der Waals surface area contributed by atoms with Crippen molar-refractivity contribution in [1.29, 1.82) is 0 Å². The predicted octanol–water partition coefficient (Wildman–Crippen LogP) is 5.89. The molecule has 1 heterocycles. The first-order chi connectivity index (χ1) is 18.3. The minimum absolute atomic E-state index is 0.00461. The molecule has 1 N–H and O–H groups in total. The Morgan fingerprint density at radius 2 is 1.66 bits per heavy atom. The normalized spacial score (nSPS) is 16.7. The number of Topliss-reactive ketones (excluding diaryl/α,β-unsaturated/α-hetero) is 1. The van der Waals surface area contributed by atoms with Crippen LogP contribution < -0.4 is 14.2 Å². The largest absolute Gasteiger partial charge is 0.507 e. The minimum Gasteiger partial charge on any atom is -0.507 e. The predicted molar refractivity (Wildman–Crippen MR) is 145 cm³/mol. The number of carbonyl (C=O) groups is 2. The van der Waals surface area contributed by atoms with Crippen molar-refractivity contribution in [3.05, 3.63) is 95.1 Å². The SMILES string of the molecule is CCCOc1ccc(/C(O)=C2/C(=O)C(=O)N(Cc3cccc(OC(C)C)c3)C2c2cccc(OC)c2)cc1. The van der Waals surface area contributed by atoms with Gasteiger partial charge in [-0.05, 0) is 79.9 Å². The van der Waals surface area contributed by atoms with E-state index in [4.69, 9.17) is 14.2 Å². The van der Waals surface area contributed by atoms with Crippen molar-refractivity contribution in [2.24, 2.45) is 0 Å². The summed E-state index contributed by atoms with van der Waals surface area (Å²) in [5, 5.41) is 11.3. The van der Waals surface area contributed by atoms with Crippen molar-refractivity contribution in [2.45, 2.75) is 45.9 Å². The third-order valence-corrected chi connectivity index (χ3v) is 6.17. The Morgan fingerprint density at radius 1 is 0.947 bits per heavy atom. The number of aliphatic hydroxyl groups excluding tert-OH is 1. The lowest BCUT2D eigenvalue weighted by Crippen LogP contribution is -2.29. The van der Waals surface area contributed by atoms with Gasteiger partial charge in [-0.3, -0.25) is 9.59 Å². The Balaban J connectivity index is 1.77. The van der Waals surface area contributed by atoms with Crippen molar-refractivity contribution < 1.29 is 28.9 Å². The Morgan fingerprint density at radius 3 is 2.34 bits per heavy atom. The van der Waals surface area contributed by atoms with E-state index in [0.717, 1.165) is 12.0 Å². The van der Waals surface area contributed by atoms with Gasteiger partial charge in [-0.25, -0.2) is 0 Å². The molecule has 4 rings (SSSR count). The Kier molecular flexibility index (Phi) is 8.36. The molecule has 0 aliphatic carbocycles. The van der Waals surface area contributed by atoms with E-state index in [1.165, 1.54) is 4.90 Å². The summed E-state index contributed by atoms with van der Waals surface area (Å²) >= 11 is 0. The van der Waals surface area contributed by atoms with Gasteiger partial charge in [0, 0.05) is 12.1 Å². The molecule has 0 aromatic heterocycles. The summed E-state index contributed by atoms with van der Waals surface area (Å²) in [6.45, 7) is 6.64. The van der Waals surface area contributed by atoms with E-state index in [-0.39, 0.29) is 24.0 Å². The number of nitrogens with zero attached hydrogens (tertiary/aromatic N) is 1. The number of likely N-dealkylation sites (tertiary alicyclic amines) is 1. The molecule has 198 valence electrons. The van der Waals surface area contributed by atoms with Crippen LogP contribution in [0.1, 0.15) is 49.9 Å². The van der Waals surface area contributed by atoms with Crippen LogP contribution in [0, 0.1) is 0 Å². The van der Waals surface area contributed by atoms with E-state index >= 15 is 0 Å². The van der Waals surface area contributed by atoms with Gasteiger partial charge in [0.25, 0.3) is 11.7 Å². The topological polar surface area (TPSA) is 85.3 Å². The fraction of sp³-hybridized carbons (Fsp3) is 0.290. The maximum Gasteiger partial charge on any atom is 0.295 e. The first-order valence-corrected chi connectivity index (χ1v) is 12.7. The van der Waals surface area contributed by atoms with Crippen LogP contribution >= 0.6 is 0 Å². The van der Waals surface area contributed by atoms with E-state index in [9.17, 15) is 14.7 Å². The molecular weight excluding hydrogens is 482 g/mol. The number of ketones is 1. The van der Waals surface area contributed by atoms with Crippen LogP contribution in [0.15, 0.2) is 78.4 Å². The maximum atomic E-state index is 13.4. The van der Waals surface area contributed by atoms with Crippen LogP contribution in [-0.4, -0.2) is 41.5 Å². The highest BCUT2D eigenvalue weighted by molar-refractivity contribution is 6.46.